The number of carbonyl (C=O) groups excluding carboxylic acids is 2. The van der Waals surface area contributed by atoms with Gasteiger partial charge in [-0.2, -0.15) is 0 Å². The highest BCUT2D eigenvalue weighted by Gasteiger charge is 2.09. The van der Waals surface area contributed by atoms with Crippen LogP contribution in [0.15, 0.2) is 23.4 Å². The average molecular weight is 341 g/mol. The van der Waals surface area contributed by atoms with Gasteiger partial charge in [0.2, 0.25) is 11.8 Å². The van der Waals surface area contributed by atoms with E-state index in [-0.39, 0.29) is 30.2 Å². The summed E-state index contributed by atoms with van der Waals surface area (Å²) in [6.07, 6.45) is 0. The van der Waals surface area contributed by atoms with Crippen LogP contribution in [0, 0.1) is 0 Å². The molecule has 0 fully saturated rings. The second kappa shape index (κ2) is 7.51. The smallest absolute Gasteiger partial charge is 0.239 e. The van der Waals surface area contributed by atoms with E-state index in [4.69, 9.17) is 11.6 Å². The number of benzene rings is 1. The lowest BCUT2D eigenvalue weighted by Gasteiger charge is -2.08. The summed E-state index contributed by atoms with van der Waals surface area (Å²) in [6, 6.07) is 5.42. The van der Waals surface area contributed by atoms with Crippen LogP contribution in [0.2, 0.25) is 5.02 Å². The quantitative estimate of drug-likeness (QED) is 0.701. The van der Waals surface area contributed by atoms with Crippen molar-refractivity contribution in [3.8, 4) is 0 Å². The van der Waals surface area contributed by atoms with Crippen molar-refractivity contribution in [2.75, 3.05) is 12.3 Å². The molecule has 8 heteroatoms. The predicted molar refractivity (Wildman–Crippen MR) is 88.1 cm³/mol. The molecule has 0 unspecified atom stereocenters. The number of hydrogen-bond acceptors (Lipinski definition) is 4. The number of halogens is 1. The van der Waals surface area contributed by atoms with E-state index >= 15 is 0 Å². The Morgan fingerprint density at radius 3 is 2.86 bits per heavy atom. The third kappa shape index (κ3) is 4.92. The van der Waals surface area contributed by atoms with Gasteiger partial charge in [0, 0.05) is 11.1 Å². The number of amides is 2. The summed E-state index contributed by atoms with van der Waals surface area (Å²) in [5.41, 5.74) is 1.62. The molecule has 0 bridgehead atoms. The lowest BCUT2D eigenvalue weighted by atomic mass is 10.3. The third-order valence-electron chi connectivity index (χ3n) is 2.66. The summed E-state index contributed by atoms with van der Waals surface area (Å²) >= 11 is 7.18. The molecular formula is C14H17ClN4O2S. The van der Waals surface area contributed by atoms with Gasteiger partial charge in [-0.25, -0.2) is 4.98 Å². The van der Waals surface area contributed by atoms with Crippen LogP contribution in [0.5, 0.6) is 0 Å². The number of thioether (sulfide) groups is 1. The molecule has 2 amide bonds. The molecule has 22 heavy (non-hydrogen) atoms. The van der Waals surface area contributed by atoms with Crippen molar-refractivity contribution in [2.24, 2.45) is 0 Å². The van der Waals surface area contributed by atoms with Crippen LogP contribution >= 0.6 is 23.4 Å². The number of rotatable bonds is 6. The van der Waals surface area contributed by atoms with Crippen LogP contribution < -0.4 is 10.6 Å². The Hall–Kier alpha value is -1.73. The van der Waals surface area contributed by atoms with Crippen LogP contribution in [-0.2, 0) is 9.59 Å². The highest BCUT2D eigenvalue weighted by Crippen LogP contribution is 2.21. The van der Waals surface area contributed by atoms with Crippen molar-refractivity contribution >= 4 is 46.2 Å². The molecule has 0 spiro atoms. The summed E-state index contributed by atoms with van der Waals surface area (Å²) in [7, 11) is 0. The molecular weight excluding hydrogens is 324 g/mol. The monoisotopic (exact) mass is 340 g/mol. The molecule has 0 saturated heterocycles. The second-order valence-electron chi connectivity index (χ2n) is 4.99. The van der Waals surface area contributed by atoms with Crippen LogP contribution in [0.1, 0.15) is 13.8 Å². The van der Waals surface area contributed by atoms with E-state index in [2.05, 4.69) is 20.6 Å². The fourth-order valence-corrected chi connectivity index (χ4v) is 2.65. The zero-order chi connectivity index (χ0) is 16.1. The highest BCUT2D eigenvalue weighted by molar-refractivity contribution is 7.99. The molecule has 1 aromatic carbocycles. The van der Waals surface area contributed by atoms with Gasteiger partial charge in [0.05, 0.1) is 23.3 Å². The first-order chi connectivity index (χ1) is 10.4. The normalized spacial score (nSPS) is 10.9. The van der Waals surface area contributed by atoms with Crippen molar-refractivity contribution in [1.29, 1.82) is 0 Å². The summed E-state index contributed by atoms with van der Waals surface area (Å²) in [4.78, 5) is 30.6. The maximum absolute atomic E-state index is 11.7. The number of nitrogens with one attached hydrogen (secondary N) is 3. The minimum atomic E-state index is -0.220. The first kappa shape index (κ1) is 16.6. The lowest BCUT2D eigenvalue weighted by Crippen LogP contribution is -2.40. The van der Waals surface area contributed by atoms with E-state index in [0.29, 0.717) is 10.2 Å². The molecule has 0 aliphatic rings. The number of imidazole rings is 1. The lowest BCUT2D eigenvalue weighted by molar-refractivity contribution is -0.125. The van der Waals surface area contributed by atoms with Crippen LogP contribution in [0.4, 0.5) is 0 Å². The van der Waals surface area contributed by atoms with Crippen molar-refractivity contribution in [1.82, 2.24) is 20.6 Å². The Kier molecular flexibility index (Phi) is 5.68. The molecule has 1 aromatic heterocycles. The van der Waals surface area contributed by atoms with Gasteiger partial charge in [0.1, 0.15) is 0 Å². The van der Waals surface area contributed by atoms with Crippen LogP contribution in [0.25, 0.3) is 11.0 Å². The van der Waals surface area contributed by atoms with E-state index in [9.17, 15) is 9.59 Å². The van der Waals surface area contributed by atoms with Gasteiger partial charge in [-0.1, -0.05) is 23.4 Å². The zero-order valence-corrected chi connectivity index (χ0v) is 13.8. The second-order valence-corrected chi connectivity index (χ2v) is 6.39. The minimum Gasteiger partial charge on any atom is -0.352 e. The topological polar surface area (TPSA) is 86.9 Å². The molecule has 0 saturated carbocycles. The number of H-pyrrole nitrogens is 1. The molecule has 6 nitrogen and oxygen atoms in total. The average Bonchev–Trinajstić information content (AvgIpc) is 2.84. The Labute approximate surface area is 137 Å². The van der Waals surface area contributed by atoms with Gasteiger partial charge < -0.3 is 15.6 Å². The van der Waals surface area contributed by atoms with Gasteiger partial charge in [-0.05, 0) is 32.0 Å². The Morgan fingerprint density at radius 2 is 2.14 bits per heavy atom. The fraction of sp³-hybridized carbons (Fsp3) is 0.357. The summed E-state index contributed by atoms with van der Waals surface area (Å²) in [5.74, 6) is -0.239. The van der Waals surface area contributed by atoms with E-state index in [1.54, 1.807) is 12.1 Å². The maximum Gasteiger partial charge on any atom is 0.239 e. The Balaban J connectivity index is 1.81. The number of aromatic amines is 1. The molecule has 0 aliphatic heterocycles. The predicted octanol–water partition coefficient (Wildman–Crippen LogP) is 1.95. The zero-order valence-electron chi connectivity index (χ0n) is 12.3. The summed E-state index contributed by atoms with van der Waals surface area (Å²) in [6.45, 7) is 3.71. The minimum absolute atomic E-state index is 0.0205. The number of carbonyl (C=O) groups is 2. The van der Waals surface area contributed by atoms with E-state index in [1.165, 1.54) is 11.8 Å². The molecule has 2 aromatic rings. The van der Waals surface area contributed by atoms with Crippen molar-refractivity contribution in [2.45, 2.75) is 25.0 Å². The number of hydrogen-bond donors (Lipinski definition) is 3. The third-order valence-corrected chi connectivity index (χ3v) is 3.77. The fourth-order valence-electron chi connectivity index (χ4n) is 1.76. The Bertz CT molecular complexity index is 687. The summed E-state index contributed by atoms with van der Waals surface area (Å²) < 4.78 is 0. The van der Waals surface area contributed by atoms with Gasteiger partial charge >= 0.3 is 0 Å². The van der Waals surface area contributed by atoms with Gasteiger partial charge in [-0.15, -0.1) is 0 Å². The maximum atomic E-state index is 11.7. The molecule has 118 valence electrons. The van der Waals surface area contributed by atoms with Crippen molar-refractivity contribution in [3.63, 3.8) is 0 Å². The van der Waals surface area contributed by atoms with E-state index in [1.807, 2.05) is 19.9 Å². The largest absolute Gasteiger partial charge is 0.352 e. The first-order valence-corrected chi connectivity index (χ1v) is 8.14. The number of fused-ring (bicyclic) bond motifs is 1. The molecule has 3 N–H and O–H groups in total. The molecule has 0 aliphatic carbocycles. The van der Waals surface area contributed by atoms with E-state index in [0.717, 1.165) is 11.0 Å². The van der Waals surface area contributed by atoms with Crippen molar-refractivity contribution < 1.29 is 9.59 Å². The van der Waals surface area contributed by atoms with Crippen LogP contribution in [-0.4, -0.2) is 40.1 Å². The van der Waals surface area contributed by atoms with Gasteiger partial charge in [0.25, 0.3) is 0 Å². The van der Waals surface area contributed by atoms with Crippen LogP contribution in [0.3, 0.4) is 0 Å². The number of aromatic nitrogens is 2. The SMILES string of the molecule is CC(C)NC(=O)CNC(=O)CSc1nc2ccc(Cl)cc2[nH]1. The molecule has 0 radical (unpaired) electrons. The molecule has 2 rings (SSSR count). The highest BCUT2D eigenvalue weighted by atomic mass is 35.5. The first-order valence-electron chi connectivity index (χ1n) is 6.78. The standard InChI is InChI=1S/C14H17ClN4O2S/c1-8(2)17-12(20)6-16-13(21)7-22-14-18-10-4-3-9(15)5-11(10)19-14/h3-5,8H,6-7H2,1-2H3,(H,16,21)(H,17,20)(H,18,19). The number of nitrogens with zero attached hydrogens (tertiary/aromatic N) is 1. The molecule has 0 atom stereocenters. The van der Waals surface area contributed by atoms with Gasteiger partial charge in [0.15, 0.2) is 5.16 Å². The summed E-state index contributed by atoms with van der Waals surface area (Å²) in [5, 5.41) is 6.53. The van der Waals surface area contributed by atoms with E-state index < -0.39 is 0 Å². The molecule has 1 heterocycles. The van der Waals surface area contributed by atoms with Crippen molar-refractivity contribution in [3.05, 3.63) is 23.2 Å². The Morgan fingerprint density at radius 1 is 1.36 bits per heavy atom. The van der Waals surface area contributed by atoms with Gasteiger partial charge in [-0.3, -0.25) is 9.59 Å².